The number of rotatable bonds is 5. The number of aromatic hydroxyl groups is 1. The normalized spacial score (nSPS) is 10.4. The smallest absolute Gasteiger partial charge is 0.251 e. The molecule has 5 nitrogen and oxygen atoms in total. The molecule has 0 aliphatic rings. The number of ether oxygens (including phenoxy) is 1. The van der Waals surface area contributed by atoms with E-state index >= 15 is 0 Å². The van der Waals surface area contributed by atoms with E-state index in [4.69, 9.17) is 4.74 Å². The van der Waals surface area contributed by atoms with Crippen LogP contribution in [-0.2, 0) is 0 Å². The summed E-state index contributed by atoms with van der Waals surface area (Å²) in [5, 5.41) is 12.3. The predicted molar refractivity (Wildman–Crippen MR) is 65.5 cm³/mol. The molecule has 0 unspecified atom stereocenters. The number of likely N-dealkylation sites (N-methyl/N-ethyl adjacent to an activating group) is 1. The van der Waals surface area contributed by atoms with E-state index in [-0.39, 0.29) is 11.7 Å². The molecule has 1 aromatic carbocycles. The first-order valence-corrected chi connectivity index (χ1v) is 5.34. The van der Waals surface area contributed by atoms with Gasteiger partial charge in [-0.05, 0) is 32.3 Å². The zero-order chi connectivity index (χ0) is 12.8. The molecule has 1 rings (SSSR count). The quantitative estimate of drug-likeness (QED) is 0.792. The predicted octanol–water partition coefficient (Wildman–Crippen LogP) is 0.692. The Morgan fingerprint density at radius 2 is 2.18 bits per heavy atom. The maximum atomic E-state index is 11.7. The fraction of sp³-hybridized carbons (Fsp3) is 0.417. The third-order valence-electron chi connectivity index (χ3n) is 2.29. The van der Waals surface area contributed by atoms with Gasteiger partial charge in [-0.25, -0.2) is 0 Å². The Morgan fingerprint density at radius 1 is 1.47 bits per heavy atom. The van der Waals surface area contributed by atoms with Crippen molar-refractivity contribution in [2.75, 3.05) is 34.3 Å². The van der Waals surface area contributed by atoms with Gasteiger partial charge in [-0.15, -0.1) is 0 Å². The minimum atomic E-state index is -0.204. The minimum absolute atomic E-state index is 0.0345. The van der Waals surface area contributed by atoms with E-state index < -0.39 is 0 Å². The largest absolute Gasteiger partial charge is 0.504 e. The summed E-state index contributed by atoms with van der Waals surface area (Å²) in [6.07, 6.45) is 0. The number of carbonyl (C=O) groups is 1. The molecule has 0 aliphatic heterocycles. The van der Waals surface area contributed by atoms with E-state index in [0.29, 0.717) is 17.9 Å². The highest BCUT2D eigenvalue weighted by Crippen LogP contribution is 2.25. The maximum absolute atomic E-state index is 11.7. The number of methoxy groups -OCH3 is 1. The second kappa shape index (κ2) is 6.10. The molecule has 94 valence electrons. The molecule has 17 heavy (non-hydrogen) atoms. The number of hydrogen-bond donors (Lipinski definition) is 2. The number of nitrogens with one attached hydrogen (secondary N) is 1. The Morgan fingerprint density at radius 3 is 2.71 bits per heavy atom. The first-order valence-electron chi connectivity index (χ1n) is 5.34. The zero-order valence-corrected chi connectivity index (χ0v) is 10.4. The van der Waals surface area contributed by atoms with Gasteiger partial charge in [-0.3, -0.25) is 4.79 Å². The number of carbonyl (C=O) groups excluding carboxylic acids is 1. The highest BCUT2D eigenvalue weighted by Gasteiger charge is 2.08. The molecular formula is C12H18N2O3. The van der Waals surface area contributed by atoms with E-state index in [1.807, 2.05) is 19.0 Å². The van der Waals surface area contributed by atoms with Crippen LogP contribution in [0, 0.1) is 0 Å². The molecule has 0 atom stereocenters. The van der Waals surface area contributed by atoms with Crippen molar-refractivity contribution in [2.24, 2.45) is 0 Å². The van der Waals surface area contributed by atoms with Gasteiger partial charge in [0.05, 0.1) is 7.11 Å². The average molecular weight is 238 g/mol. The molecule has 0 bridgehead atoms. The zero-order valence-electron chi connectivity index (χ0n) is 10.4. The molecule has 1 amide bonds. The van der Waals surface area contributed by atoms with E-state index in [1.165, 1.54) is 13.2 Å². The van der Waals surface area contributed by atoms with E-state index in [9.17, 15) is 9.90 Å². The third kappa shape index (κ3) is 3.96. The summed E-state index contributed by atoms with van der Waals surface area (Å²) in [6.45, 7) is 1.34. The summed E-state index contributed by atoms with van der Waals surface area (Å²) in [4.78, 5) is 13.7. The van der Waals surface area contributed by atoms with Crippen LogP contribution in [-0.4, -0.2) is 50.2 Å². The Kier molecular flexibility index (Phi) is 4.78. The van der Waals surface area contributed by atoms with Crippen molar-refractivity contribution in [3.63, 3.8) is 0 Å². The van der Waals surface area contributed by atoms with Gasteiger partial charge in [-0.2, -0.15) is 0 Å². The monoisotopic (exact) mass is 238 g/mol. The molecule has 0 aliphatic carbocycles. The van der Waals surface area contributed by atoms with Crippen LogP contribution in [0.1, 0.15) is 10.4 Å². The topological polar surface area (TPSA) is 61.8 Å². The summed E-state index contributed by atoms with van der Waals surface area (Å²) in [5.74, 6) is 0.118. The molecule has 0 fully saturated rings. The number of hydrogen-bond acceptors (Lipinski definition) is 4. The first-order chi connectivity index (χ1) is 8.04. The molecular weight excluding hydrogens is 220 g/mol. The van der Waals surface area contributed by atoms with Crippen LogP contribution < -0.4 is 10.1 Å². The van der Waals surface area contributed by atoms with Gasteiger partial charge in [0, 0.05) is 18.7 Å². The number of amides is 1. The molecule has 5 heteroatoms. The maximum Gasteiger partial charge on any atom is 0.251 e. The van der Waals surface area contributed by atoms with Crippen LogP contribution in [0.5, 0.6) is 11.5 Å². The highest BCUT2D eigenvalue weighted by molar-refractivity contribution is 5.94. The fourth-order valence-electron chi connectivity index (χ4n) is 1.33. The van der Waals surface area contributed by atoms with Gasteiger partial charge >= 0.3 is 0 Å². The minimum Gasteiger partial charge on any atom is -0.504 e. The summed E-state index contributed by atoms with van der Waals surface area (Å²) < 4.78 is 4.90. The molecule has 1 aromatic rings. The van der Waals surface area contributed by atoms with Gasteiger partial charge in [0.25, 0.3) is 5.91 Å². The van der Waals surface area contributed by atoms with E-state index in [0.717, 1.165) is 6.54 Å². The van der Waals surface area contributed by atoms with Gasteiger partial charge in [0.2, 0.25) is 0 Å². The number of phenolic OH excluding ortho intramolecular Hbond substituents is 1. The molecule has 0 saturated heterocycles. The lowest BCUT2D eigenvalue weighted by atomic mass is 10.2. The highest BCUT2D eigenvalue weighted by atomic mass is 16.5. The van der Waals surface area contributed by atoms with Gasteiger partial charge < -0.3 is 20.1 Å². The summed E-state index contributed by atoms with van der Waals surface area (Å²) in [5.41, 5.74) is 0.419. The van der Waals surface area contributed by atoms with Crippen molar-refractivity contribution < 1.29 is 14.6 Å². The van der Waals surface area contributed by atoms with Crippen LogP contribution in [0.4, 0.5) is 0 Å². The Labute approximate surface area is 101 Å². The van der Waals surface area contributed by atoms with Crippen molar-refractivity contribution in [3.05, 3.63) is 23.8 Å². The fourth-order valence-corrected chi connectivity index (χ4v) is 1.33. The van der Waals surface area contributed by atoms with Crippen LogP contribution in [0.3, 0.4) is 0 Å². The van der Waals surface area contributed by atoms with Crippen LogP contribution >= 0.6 is 0 Å². The second-order valence-electron chi connectivity index (χ2n) is 3.95. The summed E-state index contributed by atoms with van der Waals surface area (Å²) in [7, 11) is 5.34. The number of nitrogens with zero attached hydrogens (tertiary/aromatic N) is 1. The summed E-state index contributed by atoms with van der Waals surface area (Å²) >= 11 is 0. The van der Waals surface area contributed by atoms with Gasteiger partial charge in [-0.1, -0.05) is 0 Å². The SMILES string of the molecule is COc1ccc(C(=O)NCCN(C)C)cc1O. The van der Waals surface area contributed by atoms with Crippen molar-refractivity contribution >= 4 is 5.91 Å². The lowest BCUT2D eigenvalue weighted by Gasteiger charge is -2.11. The first kappa shape index (κ1) is 13.3. The Balaban J connectivity index is 2.60. The van der Waals surface area contributed by atoms with Crippen LogP contribution in [0.15, 0.2) is 18.2 Å². The molecule has 0 radical (unpaired) electrons. The molecule has 0 spiro atoms. The van der Waals surface area contributed by atoms with Crippen molar-refractivity contribution in [2.45, 2.75) is 0 Å². The summed E-state index contributed by atoms with van der Waals surface area (Å²) in [6, 6.07) is 4.57. The average Bonchev–Trinajstić information content (AvgIpc) is 2.28. The standard InChI is InChI=1S/C12H18N2O3/c1-14(2)7-6-13-12(16)9-4-5-11(17-3)10(15)8-9/h4-5,8,15H,6-7H2,1-3H3,(H,13,16). The van der Waals surface area contributed by atoms with Crippen molar-refractivity contribution in [3.8, 4) is 11.5 Å². The molecule has 0 aromatic heterocycles. The third-order valence-corrected chi connectivity index (χ3v) is 2.29. The van der Waals surface area contributed by atoms with Gasteiger partial charge in [0.15, 0.2) is 11.5 Å². The van der Waals surface area contributed by atoms with E-state index in [1.54, 1.807) is 12.1 Å². The number of phenols is 1. The van der Waals surface area contributed by atoms with Crippen molar-refractivity contribution in [1.82, 2.24) is 10.2 Å². The number of benzene rings is 1. The molecule has 0 heterocycles. The van der Waals surface area contributed by atoms with E-state index in [2.05, 4.69) is 5.32 Å². The Bertz CT molecular complexity index is 391. The van der Waals surface area contributed by atoms with Gasteiger partial charge in [0.1, 0.15) is 0 Å². The second-order valence-corrected chi connectivity index (χ2v) is 3.95. The molecule has 2 N–H and O–H groups in total. The lowest BCUT2D eigenvalue weighted by molar-refractivity contribution is 0.0950. The molecule has 0 saturated carbocycles. The lowest BCUT2D eigenvalue weighted by Crippen LogP contribution is -2.31. The van der Waals surface area contributed by atoms with Crippen LogP contribution in [0.2, 0.25) is 0 Å². The van der Waals surface area contributed by atoms with Crippen LogP contribution in [0.25, 0.3) is 0 Å². The Hall–Kier alpha value is -1.75. The van der Waals surface area contributed by atoms with Crippen molar-refractivity contribution in [1.29, 1.82) is 0 Å².